The molecular weight excluding hydrogens is 310 g/mol. The number of hydrogen-bond donors (Lipinski definition) is 1. The molecule has 8 atom stereocenters. The molecule has 0 amide bonds. The first-order chi connectivity index (χ1) is 12.0. The lowest BCUT2D eigenvalue weighted by Gasteiger charge is -2.73. The van der Waals surface area contributed by atoms with Crippen LogP contribution in [0.1, 0.15) is 58.3 Å². The summed E-state index contributed by atoms with van der Waals surface area (Å²) < 4.78 is 6.49. The van der Waals surface area contributed by atoms with Crippen molar-refractivity contribution in [2.45, 2.75) is 70.6 Å². The highest BCUT2D eigenvalue weighted by Crippen LogP contribution is 2.75. The topological polar surface area (TPSA) is 32.7 Å². The Bertz CT molecular complexity index is 634. The lowest BCUT2D eigenvalue weighted by molar-refractivity contribution is -0.290. The Morgan fingerprint density at radius 1 is 1.16 bits per heavy atom. The molecular formula is C22H33NO2. The van der Waals surface area contributed by atoms with Crippen LogP contribution < -0.4 is 0 Å². The summed E-state index contributed by atoms with van der Waals surface area (Å²) >= 11 is 0. The number of rotatable bonds is 0. The summed E-state index contributed by atoms with van der Waals surface area (Å²) in [5.74, 6) is 1.99. The predicted octanol–water partition coefficient (Wildman–Crippen LogP) is 3.58. The van der Waals surface area contributed by atoms with E-state index < -0.39 is 0 Å². The Morgan fingerprint density at radius 2 is 2.00 bits per heavy atom. The van der Waals surface area contributed by atoms with Crippen LogP contribution in [0.5, 0.6) is 0 Å². The Morgan fingerprint density at radius 3 is 2.88 bits per heavy atom. The summed E-state index contributed by atoms with van der Waals surface area (Å²) in [6, 6.07) is 0. The molecule has 1 spiro atoms. The summed E-state index contributed by atoms with van der Waals surface area (Å²) in [6.07, 6.45) is 10.4. The van der Waals surface area contributed by atoms with Crippen molar-refractivity contribution in [3.63, 3.8) is 0 Å². The zero-order valence-corrected chi connectivity index (χ0v) is 15.7. The first-order valence-electron chi connectivity index (χ1n) is 10.7. The second-order valence-corrected chi connectivity index (χ2v) is 10.6. The van der Waals surface area contributed by atoms with Crippen LogP contribution in [0.15, 0.2) is 12.2 Å². The molecule has 25 heavy (non-hydrogen) atoms. The number of nitrogens with zero attached hydrogens (tertiary/aromatic N) is 1. The van der Waals surface area contributed by atoms with Crippen LogP contribution in [-0.4, -0.2) is 42.0 Å². The third-order valence-electron chi connectivity index (χ3n) is 10.00. The normalized spacial score (nSPS) is 60.1. The van der Waals surface area contributed by atoms with Gasteiger partial charge in [-0.25, -0.2) is 0 Å². The van der Waals surface area contributed by atoms with Gasteiger partial charge in [-0.1, -0.05) is 19.9 Å². The molecule has 7 fully saturated rings. The molecule has 7 aliphatic rings. The minimum Gasteiger partial charge on any atom is -0.388 e. The van der Waals surface area contributed by atoms with Crippen LogP contribution in [0.3, 0.4) is 0 Å². The fourth-order valence-electron chi connectivity index (χ4n) is 9.23. The van der Waals surface area contributed by atoms with Gasteiger partial charge in [0.2, 0.25) is 0 Å². The molecule has 4 bridgehead atoms. The fourth-order valence-corrected chi connectivity index (χ4v) is 9.23. The average Bonchev–Trinajstić information content (AvgIpc) is 3.06. The monoisotopic (exact) mass is 343 g/mol. The molecule has 0 aromatic carbocycles. The maximum atomic E-state index is 11.3. The third kappa shape index (κ3) is 1.62. The van der Waals surface area contributed by atoms with Crippen molar-refractivity contribution in [1.82, 2.24) is 4.90 Å². The standard InChI is InChI=1S/C22H33NO2/c1-14-15-4-8-21(18(14)24)9-5-16-20(2)6-3-7-22(16,17(21)12-15)19-23(13-20)10-11-25-19/h15-19,24H,1,3-13H2,2H3/t15-,16-,17-,18-,19+,20-,21-,22+/m1/s1. The van der Waals surface area contributed by atoms with Gasteiger partial charge in [-0.2, -0.15) is 0 Å². The van der Waals surface area contributed by atoms with Crippen molar-refractivity contribution in [3.8, 4) is 0 Å². The lowest BCUT2D eigenvalue weighted by Crippen LogP contribution is -2.73. The minimum atomic E-state index is -0.259. The van der Waals surface area contributed by atoms with Gasteiger partial charge in [0.25, 0.3) is 0 Å². The Labute approximate surface area is 151 Å². The minimum absolute atomic E-state index is 0.107. The smallest absolute Gasteiger partial charge is 0.117 e. The number of fused-ring (bicyclic) bond motifs is 3. The molecule has 1 N–H and O–H groups in total. The molecule has 5 aliphatic carbocycles. The number of hydrogen-bond acceptors (Lipinski definition) is 3. The molecule has 0 unspecified atom stereocenters. The van der Waals surface area contributed by atoms with E-state index in [1.165, 1.54) is 57.9 Å². The maximum absolute atomic E-state index is 11.3. The molecule has 5 saturated carbocycles. The Hall–Kier alpha value is -0.380. The van der Waals surface area contributed by atoms with Crippen molar-refractivity contribution in [3.05, 3.63) is 12.2 Å². The summed E-state index contributed by atoms with van der Waals surface area (Å²) in [7, 11) is 0. The largest absolute Gasteiger partial charge is 0.388 e. The van der Waals surface area contributed by atoms with E-state index in [1.807, 2.05) is 0 Å². The van der Waals surface area contributed by atoms with Gasteiger partial charge in [0.05, 0.1) is 12.7 Å². The molecule has 0 aromatic heterocycles. The number of aliphatic hydroxyl groups excluding tert-OH is 1. The first-order valence-corrected chi connectivity index (χ1v) is 10.7. The SMILES string of the molecule is C=C1[C@@H]2CC[C@]3(CC[C@@H]4[C@]5(C)CCC[C@@]4([C@@H]4OCCN4C5)[C@@H]3C2)[C@@H]1O. The van der Waals surface area contributed by atoms with Crippen LogP contribution in [0.25, 0.3) is 0 Å². The van der Waals surface area contributed by atoms with Gasteiger partial charge in [0.15, 0.2) is 0 Å². The molecule has 2 saturated heterocycles. The van der Waals surface area contributed by atoms with Crippen LogP contribution in [0, 0.1) is 34.0 Å². The quantitative estimate of drug-likeness (QED) is 0.683. The zero-order valence-electron chi connectivity index (χ0n) is 15.7. The maximum Gasteiger partial charge on any atom is 0.117 e. The molecule has 2 aliphatic heterocycles. The number of piperidine rings is 1. The molecule has 3 nitrogen and oxygen atoms in total. The van der Waals surface area contributed by atoms with E-state index in [-0.39, 0.29) is 11.5 Å². The molecule has 3 heteroatoms. The van der Waals surface area contributed by atoms with Gasteiger partial charge in [-0.15, -0.1) is 0 Å². The van der Waals surface area contributed by atoms with E-state index in [0.29, 0.717) is 28.9 Å². The van der Waals surface area contributed by atoms with Crippen molar-refractivity contribution in [2.24, 2.45) is 34.0 Å². The van der Waals surface area contributed by atoms with Crippen molar-refractivity contribution < 1.29 is 9.84 Å². The van der Waals surface area contributed by atoms with E-state index in [4.69, 9.17) is 4.74 Å². The van der Waals surface area contributed by atoms with Crippen molar-refractivity contribution in [1.29, 1.82) is 0 Å². The van der Waals surface area contributed by atoms with E-state index in [1.54, 1.807) is 0 Å². The third-order valence-corrected chi connectivity index (χ3v) is 10.00. The fraction of sp³-hybridized carbons (Fsp3) is 0.909. The molecule has 7 rings (SSSR count). The van der Waals surface area contributed by atoms with Crippen molar-refractivity contribution in [2.75, 3.05) is 19.7 Å². The highest BCUT2D eigenvalue weighted by atomic mass is 16.5. The summed E-state index contributed by atoms with van der Waals surface area (Å²) in [6.45, 7) is 10.2. The highest BCUT2D eigenvalue weighted by Gasteiger charge is 2.73. The average molecular weight is 344 g/mol. The van der Waals surface area contributed by atoms with Gasteiger partial charge in [-0.3, -0.25) is 4.90 Å². The molecule has 2 heterocycles. The zero-order chi connectivity index (χ0) is 17.0. The van der Waals surface area contributed by atoms with E-state index in [9.17, 15) is 5.11 Å². The first kappa shape index (κ1) is 15.7. The second kappa shape index (κ2) is 4.72. The van der Waals surface area contributed by atoms with Crippen LogP contribution >= 0.6 is 0 Å². The van der Waals surface area contributed by atoms with E-state index in [0.717, 1.165) is 24.6 Å². The molecule has 0 radical (unpaired) electrons. The van der Waals surface area contributed by atoms with Gasteiger partial charge in [-0.05, 0) is 73.7 Å². The molecule has 0 aromatic rings. The van der Waals surface area contributed by atoms with Gasteiger partial charge in [0.1, 0.15) is 6.23 Å². The van der Waals surface area contributed by atoms with Gasteiger partial charge >= 0.3 is 0 Å². The van der Waals surface area contributed by atoms with E-state index >= 15 is 0 Å². The Kier molecular flexibility index (Phi) is 2.95. The second-order valence-electron chi connectivity index (χ2n) is 10.6. The van der Waals surface area contributed by atoms with Crippen molar-refractivity contribution >= 4 is 0 Å². The predicted molar refractivity (Wildman–Crippen MR) is 96.8 cm³/mol. The number of aliphatic hydroxyl groups is 1. The van der Waals surface area contributed by atoms with Crippen LogP contribution in [0.2, 0.25) is 0 Å². The Balaban J connectivity index is 1.53. The highest BCUT2D eigenvalue weighted by molar-refractivity contribution is 5.28. The summed E-state index contributed by atoms with van der Waals surface area (Å²) in [5.41, 5.74) is 2.02. The summed E-state index contributed by atoms with van der Waals surface area (Å²) in [5, 5.41) is 11.3. The van der Waals surface area contributed by atoms with Crippen LogP contribution in [0.4, 0.5) is 0 Å². The van der Waals surface area contributed by atoms with Gasteiger partial charge in [0, 0.05) is 23.9 Å². The van der Waals surface area contributed by atoms with E-state index in [2.05, 4.69) is 18.4 Å². The van der Waals surface area contributed by atoms with Gasteiger partial charge < -0.3 is 9.84 Å². The number of ether oxygens (including phenoxy) is 1. The van der Waals surface area contributed by atoms with Crippen LogP contribution in [-0.2, 0) is 4.74 Å². The summed E-state index contributed by atoms with van der Waals surface area (Å²) in [4.78, 5) is 2.69. The molecule has 138 valence electrons. The lowest BCUT2D eigenvalue weighted by atomic mass is 9.34.